The molecule has 0 fully saturated rings. The lowest BCUT2D eigenvalue weighted by molar-refractivity contribution is -0.115. The molecule has 0 spiro atoms. The van der Waals surface area contributed by atoms with Crippen LogP contribution in [0.1, 0.15) is 20.3 Å². The first-order valence-electron chi connectivity index (χ1n) is 6.52. The topological polar surface area (TPSA) is 66.5 Å². The highest BCUT2D eigenvalue weighted by Crippen LogP contribution is 2.27. The summed E-state index contributed by atoms with van der Waals surface area (Å²) in [5.41, 5.74) is 0.302. The van der Waals surface area contributed by atoms with Gasteiger partial charge in [-0.1, -0.05) is 41.4 Å². The lowest BCUT2D eigenvalue weighted by Gasteiger charge is -2.19. The lowest BCUT2D eigenvalue weighted by atomic mass is 10.3. The summed E-state index contributed by atoms with van der Waals surface area (Å²) in [6.07, 6.45) is 0.281. The standard InChI is InChI=1S/C13H18BrClN2O3S/c1-3-17(4-2)21(19,20)10-5-6-11(15)12(9-10)16-13(18)7-8-14/h5-6,9H,3-4,7-8H2,1-2H3,(H,16,18). The fourth-order valence-electron chi connectivity index (χ4n) is 1.77. The van der Waals surface area contributed by atoms with E-state index in [9.17, 15) is 13.2 Å². The van der Waals surface area contributed by atoms with Crippen molar-refractivity contribution in [2.45, 2.75) is 25.2 Å². The minimum absolute atomic E-state index is 0.116. The molecule has 0 bridgehead atoms. The van der Waals surface area contributed by atoms with Gasteiger partial charge in [-0.2, -0.15) is 4.31 Å². The Morgan fingerprint density at radius 3 is 2.48 bits per heavy atom. The second-order valence-corrected chi connectivity index (χ2v) is 7.36. The molecule has 1 rings (SSSR count). The molecule has 0 saturated carbocycles. The molecule has 0 aliphatic heterocycles. The summed E-state index contributed by atoms with van der Waals surface area (Å²) in [7, 11) is -3.57. The molecule has 0 aliphatic carbocycles. The molecule has 1 N–H and O–H groups in total. The number of amides is 1. The molecule has 0 atom stereocenters. The fourth-order valence-corrected chi connectivity index (χ4v) is 3.78. The number of nitrogens with zero attached hydrogens (tertiary/aromatic N) is 1. The number of halogens is 2. The van der Waals surface area contributed by atoms with Gasteiger partial charge in [0.1, 0.15) is 0 Å². The van der Waals surface area contributed by atoms with E-state index >= 15 is 0 Å². The smallest absolute Gasteiger partial charge is 0.243 e. The fraction of sp³-hybridized carbons (Fsp3) is 0.462. The van der Waals surface area contributed by atoms with Crippen LogP contribution in [0.5, 0.6) is 0 Å². The number of alkyl halides is 1. The third kappa shape index (κ3) is 4.67. The molecule has 1 amide bonds. The Morgan fingerprint density at radius 1 is 1.33 bits per heavy atom. The number of sulfonamides is 1. The minimum atomic E-state index is -3.57. The summed E-state index contributed by atoms with van der Waals surface area (Å²) < 4.78 is 26.2. The van der Waals surface area contributed by atoms with Crippen LogP contribution in [0.3, 0.4) is 0 Å². The first-order chi connectivity index (χ1) is 9.86. The van der Waals surface area contributed by atoms with Gasteiger partial charge in [0.25, 0.3) is 0 Å². The van der Waals surface area contributed by atoms with Gasteiger partial charge < -0.3 is 5.32 Å². The van der Waals surface area contributed by atoms with Crippen LogP contribution in [0.25, 0.3) is 0 Å². The molecule has 0 saturated heterocycles. The van der Waals surface area contributed by atoms with Gasteiger partial charge in [-0.15, -0.1) is 0 Å². The van der Waals surface area contributed by atoms with E-state index in [0.29, 0.717) is 29.1 Å². The quantitative estimate of drug-likeness (QED) is 0.719. The highest BCUT2D eigenvalue weighted by atomic mass is 79.9. The average Bonchev–Trinajstić information content (AvgIpc) is 2.42. The van der Waals surface area contributed by atoms with Crippen molar-refractivity contribution in [3.8, 4) is 0 Å². The van der Waals surface area contributed by atoms with Crippen molar-refractivity contribution in [1.82, 2.24) is 4.31 Å². The zero-order valence-electron chi connectivity index (χ0n) is 11.9. The van der Waals surface area contributed by atoms with Crippen molar-refractivity contribution in [2.75, 3.05) is 23.7 Å². The number of nitrogens with one attached hydrogen (secondary N) is 1. The Hall–Kier alpha value is -0.630. The van der Waals surface area contributed by atoms with Crippen molar-refractivity contribution in [3.63, 3.8) is 0 Å². The Labute approximate surface area is 138 Å². The highest BCUT2D eigenvalue weighted by Gasteiger charge is 2.22. The maximum Gasteiger partial charge on any atom is 0.243 e. The third-order valence-corrected chi connectivity index (χ3v) is 5.65. The van der Waals surface area contributed by atoms with Crippen LogP contribution in [0, 0.1) is 0 Å². The number of carbonyl (C=O) groups excluding carboxylic acids is 1. The van der Waals surface area contributed by atoms with Crippen molar-refractivity contribution >= 4 is 49.1 Å². The second-order valence-electron chi connectivity index (χ2n) is 4.22. The third-order valence-electron chi connectivity index (χ3n) is 2.88. The first-order valence-corrected chi connectivity index (χ1v) is 9.46. The highest BCUT2D eigenvalue weighted by molar-refractivity contribution is 9.09. The summed E-state index contributed by atoms with van der Waals surface area (Å²) in [5.74, 6) is -0.230. The molecule has 8 heteroatoms. The van der Waals surface area contributed by atoms with Crippen molar-refractivity contribution in [1.29, 1.82) is 0 Å². The molecule has 0 heterocycles. The molecule has 0 unspecified atom stereocenters. The van der Waals surface area contributed by atoms with Crippen LogP contribution in [-0.2, 0) is 14.8 Å². The normalized spacial score (nSPS) is 11.7. The summed E-state index contributed by atoms with van der Waals surface area (Å²) in [4.78, 5) is 11.7. The molecule has 1 aromatic rings. The number of anilines is 1. The van der Waals surface area contributed by atoms with Crippen molar-refractivity contribution in [2.24, 2.45) is 0 Å². The first kappa shape index (κ1) is 18.4. The summed E-state index contributed by atoms with van der Waals surface area (Å²) >= 11 is 9.17. The number of benzene rings is 1. The molecule has 0 radical (unpaired) electrons. The number of carbonyl (C=O) groups is 1. The van der Waals surface area contributed by atoms with E-state index in [1.165, 1.54) is 22.5 Å². The largest absolute Gasteiger partial charge is 0.325 e. The predicted octanol–water partition coefficient (Wildman–Crippen LogP) is 3.09. The van der Waals surface area contributed by atoms with Crippen LogP contribution in [0.15, 0.2) is 23.1 Å². The maximum atomic E-state index is 12.4. The van der Waals surface area contributed by atoms with Crippen LogP contribution in [0.2, 0.25) is 5.02 Å². The Kier molecular flexibility index (Phi) is 7.12. The maximum absolute atomic E-state index is 12.4. The molecular formula is C13H18BrClN2O3S. The minimum Gasteiger partial charge on any atom is -0.325 e. The zero-order valence-corrected chi connectivity index (χ0v) is 15.1. The zero-order chi connectivity index (χ0) is 16.0. The van der Waals surface area contributed by atoms with E-state index in [0.717, 1.165) is 0 Å². The van der Waals surface area contributed by atoms with Gasteiger partial charge in [-0.25, -0.2) is 8.42 Å². The van der Waals surface area contributed by atoms with Gasteiger partial charge in [0.05, 0.1) is 15.6 Å². The van der Waals surface area contributed by atoms with Crippen molar-refractivity contribution < 1.29 is 13.2 Å². The molecule has 0 aromatic heterocycles. The molecule has 5 nitrogen and oxygen atoms in total. The van der Waals surface area contributed by atoms with Gasteiger partial charge in [0.15, 0.2) is 0 Å². The Bertz CT molecular complexity index is 603. The summed E-state index contributed by atoms with van der Waals surface area (Å²) in [5, 5.41) is 3.44. The molecule has 21 heavy (non-hydrogen) atoms. The van der Waals surface area contributed by atoms with E-state index in [1.807, 2.05) is 0 Å². The van der Waals surface area contributed by atoms with E-state index in [-0.39, 0.29) is 17.2 Å². The monoisotopic (exact) mass is 396 g/mol. The van der Waals surface area contributed by atoms with Crippen molar-refractivity contribution in [3.05, 3.63) is 23.2 Å². The number of hydrogen-bond acceptors (Lipinski definition) is 3. The number of rotatable bonds is 7. The van der Waals surface area contributed by atoms with E-state index in [4.69, 9.17) is 11.6 Å². The summed E-state index contributed by atoms with van der Waals surface area (Å²) in [6.45, 7) is 4.31. The molecule has 118 valence electrons. The van der Waals surface area contributed by atoms with Gasteiger partial charge in [0.2, 0.25) is 15.9 Å². The van der Waals surface area contributed by atoms with Gasteiger partial charge in [-0.05, 0) is 18.2 Å². The van der Waals surface area contributed by atoms with E-state index in [2.05, 4.69) is 21.2 Å². The Balaban J connectivity index is 3.14. The van der Waals surface area contributed by atoms with Crippen LogP contribution in [0.4, 0.5) is 5.69 Å². The molecule has 1 aromatic carbocycles. The van der Waals surface area contributed by atoms with Gasteiger partial charge in [-0.3, -0.25) is 4.79 Å². The van der Waals surface area contributed by atoms with E-state index < -0.39 is 10.0 Å². The second kappa shape index (κ2) is 8.12. The van der Waals surface area contributed by atoms with Gasteiger partial charge >= 0.3 is 0 Å². The summed E-state index contributed by atoms with van der Waals surface area (Å²) in [6, 6.07) is 4.31. The van der Waals surface area contributed by atoms with Gasteiger partial charge in [0, 0.05) is 24.8 Å². The van der Waals surface area contributed by atoms with E-state index in [1.54, 1.807) is 13.8 Å². The van der Waals surface area contributed by atoms with Crippen LogP contribution >= 0.6 is 27.5 Å². The SMILES string of the molecule is CCN(CC)S(=O)(=O)c1ccc(Cl)c(NC(=O)CCBr)c1. The Morgan fingerprint density at radius 2 is 1.95 bits per heavy atom. The average molecular weight is 398 g/mol. The molecule has 0 aliphatic rings. The number of hydrogen-bond donors (Lipinski definition) is 1. The van der Waals surface area contributed by atoms with Crippen LogP contribution in [-0.4, -0.2) is 37.0 Å². The predicted molar refractivity (Wildman–Crippen MR) is 88.6 cm³/mol. The lowest BCUT2D eigenvalue weighted by Crippen LogP contribution is -2.30. The molecular weight excluding hydrogens is 380 g/mol. The van der Waals surface area contributed by atoms with Crippen LogP contribution < -0.4 is 5.32 Å².